The second-order valence-corrected chi connectivity index (χ2v) is 5.75. The van der Waals surface area contributed by atoms with Gasteiger partial charge in [-0.05, 0) is 31.0 Å². The summed E-state index contributed by atoms with van der Waals surface area (Å²) in [5, 5.41) is 14.7. The van der Waals surface area contributed by atoms with E-state index in [-0.39, 0.29) is 6.54 Å². The Morgan fingerprint density at radius 2 is 2.33 bits per heavy atom. The van der Waals surface area contributed by atoms with E-state index in [1.165, 1.54) is 18.4 Å². The first-order chi connectivity index (χ1) is 9.99. The van der Waals surface area contributed by atoms with Gasteiger partial charge in [0.05, 0.1) is 4.88 Å². The lowest BCUT2D eigenvalue weighted by Crippen LogP contribution is -2.52. The van der Waals surface area contributed by atoms with Gasteiger partial charge in [-0.15, -0.1) is 11.3 Å². The molecule has 2 rings (SSSR count). The fourth-order valence-corrected chi connectivity index (χ4v) is 3.36. The minimum atomic E-state index is -0.738. The Bertz CT molecular complexity index is 533. The average Bonchev–Trinajstić information content (AvgIpc) is 2.93. The van der Waals surface area contributed by atoms with E-state index in [2.05, 4.69) is 5.32 Å². The Hall–Kier alpha value is -1.64. The largest absolute Gasteiger partial charge is 0.438 e. The summed E-state index contributed by atoms with van der Waals surface area (Å²) in [5.41, 5.74) is 1.03. The topological polar surface area (TPSA) is 82.1 Å². The zero-order valence-corrected chi connectivity index (χ0v) is 13.0. The molecular weight excluding hydrogens is 294 g/mol. The number of fused-ring (bicyclic) bond motifs is 1. The normalized spacial score (nSPS) is 21.5. The van der Waals surface area contributed by atoms with Crippen molar-refractivity contribution in [3.63, 3.8) is 0 Å². The standard InChI is InChI=1S/C13H19N3O4S/c1-4-16(19)12(17)9-10(20-13(18)14-2)11-8(5-6-21-11)7-15(9)3/h5-6,9-10,19H,4,7H2,1-3H3,(H,14,18). The molecule has 0 saturated carbocycles. The third-order valence-electron chi connectivity index (χ3n) is 3.47. The third kappa shape index (κ3) is 3.02. The highest BCUT2D eigenvalue weighted by molar-refractivity contribution is 7.10. The van der Waals surface area contributed by atoms with E-state index in [1.807, 2.05) is 11.4 Å². The van der Waals surface area contributed by atoms with Crippen molar-refractivity contribution in [2.24, 2.45) is 0 Å². The van der Waals surface area contributed by atoms with Crippen molar-refractivity contribution in [3.05, 3.63) is 21.9 Å². The molecule has 0 saturated heterocycles. The SMILES string of the molecule is CCN(O)C(=O)C1C(OC(=O)NC)c2sccc2CN1C. The van der Waals surface area contributed by atoms with Gasteiger partial charge in [-0.3, -0.25) is 14.9 Å². The molecular formula is C13H19N3O4S. The maximum Gasteiger partial charge on any atom is 0.407 e. The summed E-state index contributed by atoms with van der Waals surface area (Å²) in [7, 11) is 3.23. The number of hydrogen-bond donors (Lipinski definition) is 2. The fraction of sp³-hybridized carbons (Fsp3) is 0.538. The molecule has 2 unspecified atom stereocenters. The van der Waals surface area contributed by atoms with Gasteiger partial charge < -0.3 is 10.1 Å². The predicted octanol–water partition coefficient (Wildman–Crippen LogP) is 1.20. The Labute approximate surface area is 127 Å². The summed E-state index contributed by atoms with van der Waals surface area (Å²) in [6.45, 7) is 2.42. The highest BCUT2D eigenvalue weighted by Gasteiger charge is 2.43. The minimum Gasteiger partial charge on any atom is -0.438 e. The number of carbonyl (C=O) groups is 2. The average molecular weight is 313 g/mol. The quantitative estimate of drug-likeness (QED) is 0.647. The van der Waals surface area contributed by atoms with Crippen LogP contribution in [0.15, 0.2) is 11.4 Å². The van der Waals surface area contributed by atoms with Gasteiger partial charge in [0.25, 0.3) is 5.91 Å². The van der Waals surface area contributed by atoms with Gasteiger partial charge in [-0.2, -0.15) is 0 Å². The molecule has 116 valence electrons. The molecule has 8 heteroatoms. The van der Waals surface area contributed by atoms with Crippen molar-refractivity contribution >= 4 is 23.3 Å². The molecule has 7 nitrogen and oxygen atoms in total. The molecule has 0 aromatic carbocycles. The fourth-order valence-electron chi connectivity index (χ4n) is 2.39. The van der Waals surface area contributed by atoms with Crippen LogP contribution in [0.3, 0.4) is 0 Å². The number of thiophene rings is 1. The lowest BCUT2D eigenvalue weighted by atomic mass is 9.98. The lowest BCUT2D eigenvalue weighted by molar-refractivity contribution is -0.175. The number of likely N-dealkylation sites (N-methyl/N-ethyl adjacent to an activating group) is 2. The molecule has 21 heavy (non-hydrogen) atoms. The van der Waals surface area contributed by atoms with Crippen LogP contribution in [0.25, 0.3) is 0 Å². The van der Waals surface area contributed by atoms with Crippen molar-refractivity contribution in [1.29, 1.82) is 0 Å². The Morgan fingerprint density at radius 3 is 2.95 bits per heavy atom. The van der Waals surface area contributed by atoms with Crippen LogP contribution in [-0.2, 0) is 16.1 Å². The number of rotatable bonds is 3. The number of nitrogens with zero attached hydrogens (tertiary/aromatic N) is 2. The van der Waals surface area contributed by atoms with Crippen molar-refractivity contribution in [2.45, 2.75) is 25.6 Å². The van der Waals surface area contributed by atoms with Gasteiger partial charge in [0.1, 0.15) is 6.04 Å². The molecule has 2 heterocycles. The summed E-state index contributed by atoms with van der Waals surface area (Å²) in [4.78, 5) is 26.6. The Morgan fingerprint density at radius 1 is 1.62 bits per heavy atom. The summed E-state index contributed by atoms with van der Waals surface area (Å²) in [6, 6.07) is 1.21. The number of nitrogens with one attached hydrogen (secondary N) is 1. The summed E-state index contributed by atoms with van der Waals surface area (Å²) >= 11 is 1.44. The molecule has 2 atom stereocenters. The summed E-state index contributed by atoms with van der Waals surface area (Å²) in [5.74, 6) is -0.479. The number of alkyl carbamates (subject to hydrolysis) is 1. The molecule has 0 bridgehead atoms. The summed E-state index contributed by atoms with van der Waals surface area (Å²) < 4.78 is 5.38. The van der Waals surface area contributed by atoms with Crippen LogP contribution in [-0.4, -0.2) is 53.9 Å². The first kappa shape index (κ1) is 15.7. The van der Waals surface area contributed by atoms with Crippen molar-refractivity contribution in [1.82, 2.24) is 15.3 Å². The molecule has 0 aliphatic carbocycles. The van der Waals surface area contributed by atoms with Crippen LogP contribution in [0.1, 0.15) is 23.5 Å². The third-order valence-corrected chi connectivity index (χ3v) is 4.49. The predicted molar refractivity (Wildman–Crippen MR) is 77.0 cm³/mol. The molecule has 2 N–H and O–H groups in total. The van der Waals surface area contributed by atoms with E-state index in [1.54, 1.807) is 18.9 Å². The monoisotopic (exact) mass is 313 g/mol. The van der Waals surface area contributed by atoms with Gasteiger partial charge in [0, 0.05) is 20.1 Å². The maximum absolute atomic E-state index is 12.4. The highest BCUT2D eigenvalue weighted by atomic mass is 32.1. The van der Waals surface area contributed by atoms with E-state index >= 15 is 0 Å². The molecule has 2 amide bonds. The second-order valence-electron chi connectivity index (χ2n) is 4.80. The van der Waals surface area contributed by atoms with E-state index in [9.17, 15) is 14.8 Å². The molecule has 0 fully saturated rings. The number of carbonyl (C=O) groups excluding carboxylic acids is 2. The number of hydroxylamine groups is 2. The maximum atomic E-state index is 12.4. The number of hydrogen-bond acceptors (Lipinski definition) is 6. The van der Waals surface area contributed by atoms with Crippen LogP contribution in [0.2, 0.25) is 0 Å². The lowest BCUT2D eigenvalue weighted by Gasteiger charge is -2.38. The van der Waals surface area contributed by atoms with Crippen LogP contribution in [0.5, 0.6) is 0 Å². The minimum absolute atomic E-state index is 0.174. The first-order valence-electron chi connectivity index (χ1n) is 6.64. The van der Waals surface area contributed by atoms with E-state index in [0.717, 1.165) is 10.4 Å². The smallest absolute Gasteiger partial charge is 0.407 e. The Kier molecular flexibility index (Phi) is 4.81. The highest BCUT2D eigenvalue weighted by Crippen LogP contribution is 2.37. The molecule has 1 aromatic heterocycles. The van der Waals surface area contributed by atoms with E-state index < -0.39 is 24.1 Å². The molecule has 0 spiro atoms. The van der Waals surface area contributed by atoms with E-state index in [0.29, 0.717) is 11.6 Å². The van der Waals surface area contributed by atoms with Crippen molar-refractivity contribution < 1.29 is 19.5 Å². The molecule has 1 aliphatic heterocycles. The van der Waals surface area contributed by atoms with Crippen LogP contribution in [0, 0.1) is 0 Å². The van der Waals surface area contributed by atoms with Crippen LogP contribution < -0.4 is 5.32 Å². The zero-order chi connectivity index (χ0) is 15.6. The van der Waals surface area contributed by atoms with Gasteiger partial charge in [-0.25, -0.2) is 9.86 Å². The zero-order valence-electron chi connectivity index (χ0n) is 12.2. The second kappa shape index (κ2) is 6.42. The Balaban J connectivity index is 2.36. The van der Waals surface area contributed by atoms with E-state index in [4.69, 9.17) is 4.74 Å². The first-order valence-corrected chi connectivity index (χ1v) is 7.52. The van der Waals surface area contributed by atoms with Crippen molar-refractivity contribution in [2.75, 3.05) is 20.6 Å². The number of amides is 2. The molecule has 1 aromatic rings. The van der Waals surface area contributed by atoms with Gasteiger partial charge in [0.15, 0.2) is 6.10 Å². The van der Waals surface area contributed by atoms with Crippen LogP contribution in [0.4, 0.5) is 4.79 Å². The van der Waals surface area contributed by atoms with Gasteiger partial charge in [0.2, 0.25) is 0 Å². The van der Waals surface area contributed by atoms with Gasteiger partial charge in [-0.1, -0.05) is 0 Å². The molecule has 0 radical (unpaired) electrons. The van der Waals surface area contributed by atoms with Gasteiger partial charge >= 0.3 is 6.09 Å². The number of ether oxygens (including phenoxy) is 1. The summed E-state index contributed by atoms with van der Waals surface area (Å²) in [6.07, 6.45) is -1.33. The van der Waals surface area contributed by atoms with Crippen molar-refractivity contribution in [3.8, 4) is 0 Å². The molecule has 1 aliphatic rings. The van der Waals surface area contributed by atoms with Crippen LogP contribution >= 0.6 is 11.3 Å².